The van der Waals surface area contributed by atoms with Gasteiger partial charge in [-0.05, 0) is 49.2 Å². The Kier molecular flexibility index (Phi) is 6.29. The lowest BCUT2D eigenvalue weighted by Crippen LogP contribution is -2.28. The number of aryl methyl sites for hydroxylation is 1. The van der Waals surface area contributed by atoms with E-state index in [0.717, 1.165) is 16.9 Å². The maximum Gasteiger partial charge on any atom is 0.352 e. The second-order valence-corrected chi connectivity index (χ2v) is 6.55. The number of para-hydroxylation sites is 2. The van der Waals surface area contributed by atoms with Crippen LogP contribution in [-0.4, -0.2) is 11.9 Å². The summed E-state index contributed by atoms with van der Waals surface area (Å²) >= 11 is 0. The van der Waals surface area contributed by atoms with Crippen LogP contribution in [0.25, 0.3) is 0 Å². The molecule has 3 rings (SSSR count). The van der Waals surface area contributed by atoms with Crippen molar-refractivity contribution in [2.75, 3.05) is 4.90 Å². The van der Waals surface area contributed by atoms with E-state index in [-0.39, 0.29) is 5.91 Å². The standard InChI is InChI=1S/C24H23NO4/c1-4-19-15-16-22(29-28-18(3)26)17(2)23(19)24(27)25(20-11-7-5-8-12-20)21-13-9-6-10-14-21/h5-16H,4H2,1-3H3. The van der Waals surface area contributed by atoms with Gasteiger partial charge in [-0.15, -0.1) is 0 Å². The van der Waals surface area contributed by atoms with Gasteiger partial charge < -0.3 is 0 Å². The van der Waals surface area contributed by atoms with Crippen molar-refractivity contribution in [2.45, 2.75) is 27.2 Å². The molecule has 0 aliphatic rings. The van der Waals surface area contributed by atoms with Crippen molar-refractivity contribution < 1.29 is 19.4 Å². The lowest BCUT2D eigenvalue weighted by molar-refractivity contribution is -0.211. The van der Waals surface area contributed by atoms with E-state index in [0.29, 0.717) is 23.3 Å². The van der Waals surface area contributed by atoms with Crippen LogP contribution >= 0.6 is 0 Å². The normalized spacial score (nSPS) is 10.3. The summed E-state index contributed by atoms with van der Waals surface area (Å²) in [6.07, 6.45) is 0.674. The molecule has 3 aromatic carbocycles. The van der Waals surface area contributed by atoms with E-state index < -0.39 is 5.97 Å². The van der Waals surface area contributed by atoms with Gasteiger partial charge in [-0.25, -0.2) is 4.79 Å². The third kappa shape index (κ3) is 4.46. The first-order chi connectivity index (χ1) is 14.0. The quantitative estimate of drug-likeness (QED) is 0.419. The molecule has 0 aliphatic heterocycles. The second kappa shape index (κ2) is 9.06. The van der Waals surface area contributed by atoms with E-state index >= 15 is 0 Å². The summed E-state index contributed by atoms with van der Waals surface area (Å²) in [7, 11) is 0. The van der Waals surface area contributed by atoms with Gasteiger partial charge in [0.1, 0.15) is 0 Å². The van der Waals surface area contributed by atoms with E-state index in [9.17, 15) is 9.59 Å². The van der Waals surface area contributed by atoms with Crippen molar-refractivity contribution >= 4 is 23.3 Å². The number of hydrogen-bond donors (Lipinski definition) is 0. The van der Waals surface area contributed by atoms with Crippen LogP contribution in [0, 0.1) is 6.92 Å². The van der Waals surface area contributed by atoms with Gasteiger partial charge in [0.05, 0.1) is 5.56 Å². The Balaban J connectivity index is 2.12. The molecule has 0 spiro atoms. The Hall–Kier alpha value is -3.60. The minimum absolute atomic E-state index is 0.176. The lowest BCUT2D eigenvalue weighted by Gasteiger charge is -2.25. The molecule has 0 atom stereocenters. The van der Waals surface area contributed by atoms with E-state index in [4.69, 9.17) is 4.89 Å². The molecule has 0 aromatic heterocycles. The SMILES string of the molecule is CCc1ccc(OOC(C)=O)c(C)c1C(=O)N(c1ccccc1)c1ccccc1. The summed E-state index contributed by atoms with van der Waals surface area (Å²) in [5.41, 5.74) is 3.56. The minimum Gasteiger partial charge on any atom is -0.287 e. The second-order valence-electron chi connectivity index (χ2n) is 6.55. The van der Waals surface area contributed by atoms with Gasteiger partial charge >= 0.3 is 5.97 Å². The summed E-state index contributed by atoms with van der Waals surface area (Å²) in [4.78, 5) is 36.4. The first kappa shape index (κ1) is 20.1. The van der Waals surface area contributed by atoms with Crippen molar-refractivity contribution in [3.8, 4) is 5.75 Å². The average Bonchev–Trinajstić information content (AvgIpc) is 2.74. The predicted octanol–water partition coefficient (Wildman–Crippen LogP) is 5.39. The fourth-order valence-corrected chi connectivity index (χ4v) is 3.18. The number of anilines is 2. The molecule has 0 saturated heterocycles. The Morgan fingerprint density at radius 2 is 1.41 bits per heavy atom. The molecule has 0 aliphatic carbocycles. The molecule has 3 aromatic rings. The largest absolute Gasteiger partial charge is 0.352 e. The predicted molar refractivity (Wildman–Crippen MR) is 112 cm³/mol. The lowest BCUT2D eigenvalue weighted by atomic mass is 9.97. The summed E-state index contributed by atoms with van der Waals surface area (Å²) in [6.45, 7) is 5.04. The zero-order chi connectivity index (χ0) is 20.8. The van der Waals surface area contributed by atoms with Gasteiger partial charge in [-0.1, -0.05) is 49.4 Å². The molecule has 0 unspecified atom stereocenters. The topological polar surface area (TPSA) is 55.8 Å². The van der Waals surface area contributed by atoms with Crippen molar-refractivity contribution in [1.82, 2.24) is 0 Å². The van der Waals surface area contributed by atoms with Crippen LogP contribution in [0.4, 0.5) is 11.4 Å². The van der Waals surface area contributed by atoms with Crippen LogP contribution in [0.15, 0.2) is 72.8 Å². The molecular formula is C24H23NO4. The van der Waals surface area contributed by atoms with Crippen molar-refractivity contribution in [3.63, 3.8) is 0 Å². The third-order valence-electron chi connectivity index (χ3n) is 4.58. The van der Waals surface area contributed by atoms with Crippen LogP contribution < -0.4 is 9.79 Å². The Morgan fingerprint density at radius 3 is 1.90 bits per heavy atom. The van der Waals surface area contributed by atoms with Crippen molar-refractivity contribution in [2.24, 2.45) is 0 Å². The molecule has 5 nitrogen and oxygen atoms in total. The van der Waals surface area contributed by atoms with Gasteiger partial charge in [-0.3, -0.25) is 19.5 Å². The number of benzene rings is 3. The molecule has 148 valence electrons. The molecule has 0 N–H and O–H groups in total. The molecular weight excluding hydrogens is 366 g/mol. The van der Waals surface area contributed by atoms with Gasteiger partial charge in [-0.2, -0.15) is 0 Å². The number of rotatable bonds is 6. The number of nitrogens with zero attached hydrogens (tertiary/aromatic N) is 1. The van der Waals surface area contributed by atoms with Crippen LogP contribution in [0.5, 0.6) is 5.75 Å². The average molecular weight is 389 g/mol. The molecule has 0 radical (unpaired) electrons. The van der Waals surface area contributed by atoms with Gasteiger partial charge in [0.15, 0.2) is 5.75 Å². The van der Waals surface area contributed by atoms with Crippen molar-refractivity contribution in [3.05, 3.63) is 89.5 Å². The Morgan fingerprint density at radius 1 is 0.862 bits per heavy atom. The van der Waals surface area contributed by atoms with Crippen molar-refractivity contribution in [1.29, 1.82) is 0 Å². The summed E-state index contributed by atoms with van der Waals surface area (Å²) in [5.74, 6) is -0.404. The van der Waals surface area contributed by atoms with Crippen LogP contribution in [0.3, 0.4) is 0 Å². The first-order valence-corrected chi connectivity index (χ1v) is 9.45. The number of hydrogen-bond acceptors (Lipinski definition) is 4. The first-order valence-electron chi connectivity index (χ1n) is 9.45. The fourth-order valence-electron chi connectivity index (χ4n) is 3.18. The highest BCUT2D eigenvalue weighted by atomic mass is 17.2. The summed E-state index contributed by atoms with van der Waals surface area (Å²) in [5, 5.41) is 0. The maximum absolute atomic E-state index is 13.8. The number of carbonyl (C=O) groups is 2. The zero-order valence-corrected chi connectivity index (χ0v) is 16.7. The maximum atomic E-state index is 13.8. The van der Waals surface area contributed by atoms with Crippen LogP contribution in [0.1, 0.15) is 35.3 Å². The Labute approximate surface area is 170 Å². The van der Waals surface area contributed by atoms with Gasteiger partial charge in [0, 0.05) is 23.9 Å². The molecule has 29 heavy (non-hydrogen) atoms. The third-order valence-corrected chi connectivity index (χ3v) is 4.58. The minimum atomic E-state index is -0.563. The van der Waals surface area contributed by atoms with E-state index in [1.165, 1.54) is 6.92 Å². The smallest absolute Gasteiger partial charge is 0.287 e. The molecule has 0 saturated carbocycles. The number of carbonyl (C=O) groups excluding carboxylic acids is 2. The van der Waals surface area contributed by atoms with E-state index in [2.05, 4.69) is 4.89 Å². The van der Waals surface area contributed by atoms with Crippen LogP contribution in [-0.2, 0) is 16.1 Å². The number of amides is 1. The van der Waals surface area contributed by atoms with Gasteiger partial charge in [0.25, 0.3) is 5.91 Å². The van der Waals surface area contributed by atoms with E-state index in [1.807, 2.05) is 73.7 Å². The van der Waals surface area contributed by atoms with Crippen LogP contribution in [0.2, 0.25) is 0 Å². The summed E-state index contributed by atoms with van der Waals surface area (Å²) in [6, 6.07) is 22.5. The molecule has 0 bridgehead atoms. The fraction of sp³-hybridized carbons (Fsp3) is 0.167. The Bertz CT molecular complexity index is 961. The molecule has 0 fully saturated rings. The molecule has 5 heteroatoms. The molecule has 1 amide bonds. The molecule has 0 heterocycles. The highest BCUT2D eigenvalue weighted by Crippen LogP contribution is 2.32. The summed E-state index contributed by atoms with van der Waals surface area (Å²) < 4.78 is 0. The highest BCUT2D eigenvalue weighted by molar-refractivity contribution is 6.12. The monoisotopic (exact) mass is 389 g/mol. The van der Waals surface area contributed by atoms with Gasteiger partial charge in [0.2, 0.25) is 0 Å². The van der Waals surface area contributed by atoms with E-state index in [1.54, 1.807) is 17.9 Å². The zero-order valence-electron chi connectivity index (χ0n) is 16.7. The highest BCUT2D eigenvalue weighted by Gasteiger charge is 2.25.